The van der Waals surface area contributed by atoms with Gasteiger partial charge in [0.2, 0.25) is 15.0 Å². The van der Waals surface area contributed by atoms with Gasteiger partial charge in [0, 0.05) is 11.1 Å². The molecule has 0 unspecified atom stereocenters. The van der Waals surface area contributed by atoms with Crippen molar-refractivity contribution in [2.75, 3.05) is 11.1 Å². The number of nitrogens with zero attached hydrogens (tertiary/aromatic N) is 3. The minimum absolute atomic E-state index is 0.0812. The zero-order valence-electron chi connectivity index (χ0n) is 13.9. The molecule has 0 aliphatic heterocycles. The van der Waals surface area contributed by atoms with Crippen molar-refractivity contribution in [1.29, 1.82) is 5.26 Å². The number of fused-ring (bicyclic) bond motifs is 1. The van der Waals surface area contributed by atoms with Crippen LogP contribution >= 0.6 is 27.3 Å². The van der Waals surface area contributed by atoms with E-state index >= 15 is 0 Å². The molecule has 136 valence electrons. The molecule has 0 radical (unpaired) electrons. The van der Waals surface area contributed by atoms with Crippen LogP contribution in [0.3, 0.4) is 0 Å². The molecule has 7 nitrogen and oxygen atoms in total. The average Bonchev–Trinajstić information content (AvgIpc) is 2.98. The summed E-state index contributed by atoms with van der Waals surface area (Å²) >= 11 is 4.58. The SMILES string of the molecule is CCS(=O)(=O)c1ncc(Br)c(C(=O)Nc2sc3c(c2C#N)CCCC3)n1. The van der Waals surface area contributed by atoms with Crippen LogP contribution in [0.4, 0.5) is 5.00 Å². The molecule has 0 spiro atoms. The van der Waals surface area contributed by atoms with Crippen LogP contribution in [0.1, 0.15) is 46.3 Å². The number of amides is 1. The van der Waals surface area contributed by atoms with Crippen molar-refractivity contribution in [2.45, 2.75) is 37.8 Å². The maximum Gasteiger partial charge on any atom is 0.276 e. The lowest BCUT2D eigenvalue weighted by Crippen LogP contribution is -2.18. The molecule has 0 bridgehead atoms. The van der Waals surface area contributed by atoms with E-state index in [1.165, 1.54) is 24.5 Å². The molecule has 0 aromatic carbocycles. The largest absolute Gasteiger partial charge is 0.311 e. The molecular weight excluding hydrogens is 440 g/mol. The number of aromatic nitrogens is 2. The third kappa shape index (κ3) is 3.51. The van der Waals surface area contributed by atoms with Gasteiger partial charge in [0.15, 0.2) is 0 Å². The fourth-order valence-corrected chi connectivity index (χ4v) is 5.03. The van der Waals surface area contributed by atoms with Crippen LogP contribution in [-0.2, 0) is 22.7 Å². The van der Waals surface area contributed by atoms with Crippen LogP contribution in [0.25, 0.3) is 0 Å². The summed E-state index contributed by atoms with van der Waals surface area (Å²) in [6, 6.07) is 2.18. The average molecular weight is 455 g/mol. The summed E-state index contributed by atoms with van der Waals surface area (Å²) in [7, 11) is -3.63. The van der Waals surface area contributed by atoms with Gasteiger partial charge in [-0.2, -0.15) is 5.26 Å². The van der Waals surface area contributed by atoms with E-state index in [4.69, 9.17) is 0 Å². The molecule has 0 fully saturated rings. The molecule has 26 heavy (non-hydrogen) atoms. The van der Waals surface area contributed by atoms with Gasteiger partial charge in [-0.05, 0) is 47.2 Å². The Bertz CT molecular complexity index is 1020. The van der Waals surface area contributed by atoms with Gasteiger partial charge < -0.3 is 5.32 Å². The molecule has 1 aliphatic carbocycles. The minimum Gasteiger partial charge on any atom is -0.311 e. The molecule has 2 heterocycles. The van der Waals surface area contributed by atoms with E-state index in [2.05, 4.69) is 37.3 Å². The van der Waals surface area contributed by atoms with Crippen molar-refractivity contribution in [2.24, 2.45) is 0 Å². The Balaban J connectivity index is 1.96. The lowest BCUT2D eigenvalue weighted by Gasteiger charge is -2.09. The van der Waals surface area contributed by atoms with E-state index in [0.717, 1.165) is 36.1 Å². The van der Waals surface area contributed by atoms with Crippen LogP contribution in [0.2, 0.25) is 0 Å². The molecule has 1 aliphatic rings. The third-order valence-corrected chi connectivity index (χ3v) is 7.41. The monoisotopic (exact) mass is 454 g/mol. The molecule has 10 heteroatoms. The molecule has 0 saturated heterocycles. The van der Waals surface area contributed by atoms with Crippen LogP contribution in [0, 0.1) is 11.3 Å². The fourth-order valence-electron chi connectivity index (χ4n) is 2.72. The van der Waals surface area contributed by atoms with E-state index in [0.29, 0.717) is 10.6 Å². The topological polar surface area (TPSA) is 113 Å². The highest BCUT2D eigenvalue weighted by atomic mass is 79.9. The lowest BCUT2D eigenvalue weighted by atomic mass is 9.96. The molecule has 1 N–H and O–H groups in total. The summed E-state index contributed by atoms with van der Waals surface area (Å²) in [5.41, 5.74) is 1.42. The summed E-state index contributed by atoms with van der Waals surface area (Å²) < 4.78 is 24.2. The van der Waals surface area contributed by atoms with E-state index in [1.54, 1.807) is 0 Å². The maximum absolute atomic E-state index is 12.7. The number of nitrogens with one attached hydrogen (secondary N) is 1. The van der Waals surface area contributed by atoms with Crippen molar-refractivity contribution in [3.8, 4) is 6.07 Å². The van der Waals surface area contributed by atoms with Gasteiger partial charge in [0.1, 0.15) is 16.8 Å². The molecule has 0 atom stereocenters. The van der Waals surface area contributed by atoms with Gasteiger partial charge in [0.25, 0.3) is 5.91 Å². The first-order valence-electron chi connectivity index (χ1n) is 7.98. The van der Waals surface area contributed by atoms with Crippen LogP contribution in [0.15, 0.2) is 15.8 Å². The Labute approximate surface area is 163 Å². The van der Waals surface area contributed by atoms with Gasteiger partial charge in [-0.25, -0.2) is 18.4 Å². The van der Waals surface area contributed by atoms with E-state index in [-0.39, 0.29) is 21.1 Å². The number of carbonyl (C=O) groups is 1. The number of aryl methyl sites for hydroxylation is 1. The first-order valence-corrected chi connectivity index (χ1v) is 11.2. The van der Waals surface area contributed by atoms with E-state index in [1.807, 2.05) is 0 Å². The normalized spacial score (nSPS) is 13.7. The zero-order valence-corrected chi connectivity index (χ0v) is 17.1. The van der Waals surface area contributed by atoms with Crippen LogP contribution < -0.4 is 5.32 Å². The van der Waals surface area contributed by atoms with E-state index in [9.17, 15) is 18.5 Å². The predicted octanol–water partition coefficient (Wildman–Crippen LogP) is 3.10. The second-order valence-corrected chi connectivity index (χ2v) is 9.86. The minimum atomic E-state index is -3.63. The number of nitriles is 1. The number of carbonyl (C=O) groups excluding carboxylic acids is 1. The Morgan fingerprint density at radius 1 is 1.42 bits per heavy atom. The highest BCUT2D eigenvalue weighted by molar-refractivity contribution is 9.10. The number of hydrogen-bond acceptors (Lipinski definition) is 7. The fraction of sp³-hybridized carbons (Fsp3) is 0.375. The highest BCUT2D eigenvalue weighted by Crippen LogP contribution is 2.37. The second-order valence-electron chi connectivity index (χ2n) is 5.73. The molecular formula is C16H15BrN4O3S2. The quantitative estimate of drug-likeness (QED) is 0.709. The predicted molar refractivity (Wildman–Crippen MR) is 101 cm³/mol. The highest BCUT2D eigenvalue weighted by Gasteiger charge is 2.25. The summed E-state index contributed by atoms with van der Waals surface area (Å²) in [6.07, 6.45) is 5.08. The zero-order chi connectivity index (χ0) is 18.9. The third-order valence-electron chi connectivity index (χ3n) is 4.11. The van der Waals surface area contributed by atoms with Gasteiger partial charge in [-0.3, -0.25) is 4.79 Å². The van der Waals surface area contributed by atoms with Crippen molar-refractivity contribution >= 4 is 48.0 Å². The van der Waals surface area contributed by atoms with Crippen molar-refractivity contribution in [1.82, 2.24) is 9.97 Å². The van der Waals surface area contributed by atoms with Crippen molar-refractivity contribution in [3.05, 3.63) is 32.4 Å². The van der Waals surface area contributed by atoms with Gasteiger partial charge in [0.05, 0.1) is 15.8 Å². The first kappa shape index (κ1) is 18.9. The van der Waals surface area contributed by atoms with Crippen LogP contribution in [0.5, 0.6) is 0 Å². The van der Waals surface area contributed by atoms with Crippen molar-refractivity contribution in [3.63, 3.8) is 0 Å². The molecule has 1 amide bonds. The van der Waals surface area contributed by atoms with E-state index < -0.39 is 15.7 Å². The molecule has 3 rings (SSSR count). The first-order chi connectivity index (χ1) is 12.4. The number of thiophene rings is 1. The Morgan fingerprint density at radius 3 is 2.85 bits per heavy atom. The second kappa shape index (κ2) is 7.42. The van der Waals surface area contributed by atoms with Crippen LogP contribution in [-0.4, -0.2) is 30.0 Å². The summed E-state index contributed by atoms with van der Waals surface area (Å²) in [5, 5.41) is 12.3. The number of hydrogen-bond donors (Lipinski definition) is 1. The summed E-state index contributed by atoms with van der Waals surface area (Å²) in [4.78, 5) is 21.5. The standard InChI is InChI=1S/C16H15BrN4O3S2/c1-2-26(23,24)16-19-8-11(17)13(20-16)14(22)21-15-10(7-18)9-5-3-4-6-12(9)25-15/h8H,2-6H2,1H3,(H,21,22). The lowest BCUT2D eigenvalue weighted by molar-refractivity contribution is 0.102. The Hall–Kier alpha value is -1.83. The summed E-state index contributed by atoms with van der Waals surface area (Å²) in [5.74, 6) is -0.742. The molecule has 2 aromatic heterocycles. The van der Waals surface area contributed by atoms with Gasteiger partial charge in [-0.1, -0.05) is 6.92 Å². The summed E-state index contributed by atoms with van der Waals surface area (Å²) in [6.45, 7) is 1.48. The number of sulfone groups is 1. The smallest absolute Gasteiger partial charge is 0.276 e. The number of halogens is 1. The molecule has 0 saturated carbocycles. The van der Waals surface area contributed by atoms with Gasteiger partial charge in [-0.15, -0.1) is 11.3 Å². The molecule has 2 aromatic rings. The number of anilines is 1. The Morgan fingerprint density at radius 2 is 2.15 bits per heavy atom. The number of rotatable bonds is 4. The van der Waals surface area contributed by atoms with Gasteiger partial charge >= 0.3 is 0 Å². The Kier molecular flexibility index (Phi) is 5.41. The maximum atomic E-state index is 12.7. The van der Waals surface area contributed by atoms with Crippen molar-refractivity contribution < 1.29 is 13.2 Å².